The minimum absolute atomic E-state index is 0.303. The minimum Gasteiger partial charge on any atom is -0.271 e. The fourth-order valence-corrected chi connectivity index (χ4v) is 2.24. The Balaban J connectivity index is 2.38. The second kappa shape index (κ2) is 3.62. The molecule has 1 aromatic rings. The van der Waals surface area contributed by atoms with E-state index in [-0.39, 0.29) is 0 Å². The van der Waals surface area contributed by atoms with Crippen LogP contribution >= 0.6 is 0 Å². The highest BCUT2D eigenvalue weighted by Crippen LogP contribution is 2.54. The number of hydrazine groups is 1. The number of nitrogens with one attached hydrogen (secondary N) is 1. The third-order valence-electron chi connectivity index (χ3n) is 3.86. The average molecular weight is 204 g/mol. The third kappa shape index (κ3) is 1.80. The number of hydrogen-bond acceptors (Lipinski definition) is 2. The first kappa shape index (κ1) is 10.7. The first-order valence-corrected chi connectivity index (χ1v) is 5.61. The normalized spacial score (nSPS) is 20.0. The molecular formula is C13H20N2. The van der Waals surface area contributed by atoms with Crippen molar-refractivity contribution < 1.29 is 0 Å². The molecule has 0 aliphatic heterocycles. The van der Waals surface area contributed by atoms with Gasteiger partial charge in [-0.2, -0.15) is 0 Å². The van der Waals surface area contributed by atoms with Gasteiger partial charge >= 0.3 is 0 Å². The summed E-state index contributed by atoms with van der Waals surface area (Å²) in [7, 11) is 0. The zero-order valence-electron chi connectivity index (χ0n) is 9.80. The average Bonchev–Trinajstić information content (AvgIpc) is 2.93. The van der Waals surface area contributed by atoms with E-state index >= 15 is 0 Å². The quantitative estimate of drug-likeness (QED) is 0.586. The van der Waals surface area contributed by atoms with Crippen molar-refractivity contribution in [1.29, 1.82) is 0 Å². The van der Waals surface area contributed by atoms with Gasteiger partial charge in [-0.1, -0.05) is 25.1 Å². The lowest BCUT2D eigenvalue weighted by Crippen LogP contribution is -2.34. The van der Waals surface area contributed by atoms with Crippen LogP contribution in [0.15, 0.2) is 18.2 Å². The molecule has 0 heterocycles. The van der Waals surface area contributed by atoms with E-state index in [0.29, 0.717) is 11.5 Å². The van der Waals surface area contributed by atoms with E-state index in [4.69, 9.17) is 5.84 Å². The lowest BCUT2D eigenvalue weighted by molar-refractivity contribution is 0.371. The lowest BCUT2D eigenvalue weighted by atomic mass is 9.88. The van der Waals surface area contributed by atoms with Crippen molar-refractivity contribution in [3.8, 4) is 0 Å². The van der Waals surface area contributed by atoms with Crippen LogP contribution in [-0.2, 0) is 0 Å². The van der Waals surface area contributed by atoms with E-state index in [1.165, 1.54) is 29.5 Å². The van der Waals surface area contributed by atoms with Crippen LogP contribution in [-0.4, -0.2) is 0 Å². The van der Waals surface area contributed by atoms with Crippen LogP contribution in [0.2, 0.25) is 0 Å². The van der Waals surface area contributed by atoms with Gasteiger partial charge < -0.3 is 0 Å². The first-order chi connectivity index (χ1) is 7.08. The number of nitrogens with two attached hydrogens (primary N) is 1. The summed E-state index contributed by atoms with van der Waals surface area (Å²) in [5, 5.41) is 0. The molecule has 82 valence electrons. The molecule has 0 amide bonds. The molecule has 0 spiro atoms. The van der Waals surface area contributed by atoms with Crippen molar-refractivity contribution in [3.63, 3.8) is 0 Å². The van der Waals surface area contributed by atoms with Crippen molar-refractivity contribution >= 4 is 0 Å². The van der Waals surface area contributed by atoms with Crippen LogP contribution in [0.3, 0.4) is 0 Å². The molecule has 1 unspecified atom stereocenters. The van der Waals surface area contributed by atoms with E-state index in [1.54, 1.807) is 0 Å². The van der Waals surface area contributed by atoms with E-state index < -0.39 is 0 Å². The topological polar surface area (TPSA) is 38.0 Å². The standard InChI is InChI=1S/C13H20N2/c1-9-5-4-6-11(10(9)2)12(15-14)13(3)7-8-13/h4-6,12,15H,7-8,14H2,1-3H3. The molecule has 0 radical (unpaired) electrons. The number of aryl methyl sites for hydroxylation is 1. The Morgan fingerprint density at radius 3 is 2.53 bits per heavy atom. The smallest absolute Gasteiger partial charge is 0.0516 e. The maximum Gasteiger partial charge on any atom is 0.0516 e. The van der Waals surface area contributed by atoms with Crippen molar-refractivity contribution in [2.45, 2.75) is 39.7 Å². The predicted octanol–water partition coefficient (Wildman–Crippen LogP) is 2.61. The molecule has 0 bridgehead atoms. The molecule has 2 heteroatoms. The zero-order valence-corrected chi connectivity index (χ0v) is 9.80. The van der Waals surface area contributed by atoms with Gasteiger partial charge in [0.25, 0.3) is 0 Å². The highest BCUT2D eigenvalue weighted by molar-refractivity contribution is 5.37. The molecule has 1 aliphatic rings. The Hall–Kier alpha value is -0.860. The molecule has 1 fully saturated rings. The second-order valence-electron chi connectivity index (χ2n) is 5.04. The summed E-state index contributed by atoms with van der Waals surface area (Å²) in [5.41, 5.74) is 7.43. The van der Waals surface area contributed by atoms with Crippen molar-refractivity contribution in [1.82, 2.24) is 5.43 Å². The summed E-state index contributed by atoms with van der Waals surface area (Å²) in [6.45, 7) is 6.64. The first-order valence-electron chi connectivity index (χ1n) is 5.61. The van der Waals surface area contributed by atoms with Crippen molar-refractivity contribution in [3.05, 3.63) is 34.9 Å². The van der Waals surface area contributed by atoms with E-state index in [0.717, 1.165) is 0 Å². The van der Waals surface area contributed by atoms with Crippen LogP contribution in [0.25, 0.3) is 0 Å². The third-order valence-corrected chi connectivity index (χ3v) is 3.86. The SMILES string of the molecule is Cc1cccc(C(NN)C2(C)CC2)c1C. The summed E-state index contributed by atoms with van der Waals surface area (Å²) >= 11 is 0. The Morgan fingerprint density at radius 2 is 2.00 bits per heavy atom. The van der Waals surface area contributed by atoms with Crippen molar-refractivity contribution in [2.75, 3.05) is 0 Å². The minimum atomic E-state index is 0.303. The summed E-state index contributed by atoms with van der Waals surface area (Å²) in [6, 6.07) is 6.77. The molecule has 15 heavy (non-hydrogen) atoms. The molecule has 0 saturated heterocycles. The molecule has 1 saturated carbocycles. The summed E-state index contributed by atoms with van der Waals surface area (Å²) in [4.78, 5) is 0. The van der Waals surface area contributed by atoms with Gasteiger partial charge in [-0.15, -0.1) is 0 Å². The van der Waals surface area contributed by atoms with Gasteiger partial charge in [-0.3, -0.25) is 11.3 Å². The van der Waals surface area contributed by atoms with Crippen LogP contribution in [0.1, 0.15) is 42.5 Å². The Labute approximate surface area is 91.8 Å². The van der Waals surface area contributed by atoms with Gasteiger partial charge in [-0.25, -0.2) is 0 Å². The van der Waals surface area contributed by atoms with E-state index in [1.807, 2.05) is 0 Å². The van der Waals surface area contributed by atoms with Gasteiger partial charge in [-0.05, 0) is 48.8 Å². The maximum atomic E-state index is 5.70. The summed E-state index contributed by atoms with van der Waals surface area (Å²) < 4.78 is 0. The highest BCUT2D eigenvalue weighted by Gasteiger charge is 2.45. The molecule has 1 aliphatic carbocycles. The fraction of sp³-hybridized carbons (Fsp3) is 0.538. The number of hydrogen-bond donors (Lipinski definition) is 2. The van der Waals surface area contributed by atoms with Crippen molar-refractivity contribution in [2.24, 2.45) is 11.3 Å². The highest BCUT2D eigenvalue weighted by atomic mass is 15.2. The van der Waals surface area contributed by atoms with Gasteiger partial charge in [0, 0.05) is 0 Å². The Morgan fingerprint density at radius 1 is 1.33 bits per heavy atom. The van der Waals surface area contributed by atoms with Crippen LogP contribution in [0.5, 0.6) is 0 Å². The summed E-state index contributed by atoms with van der Waals surface area (Å²) in [6.07, 6.45) is 2.55. The summed E-state index contributed by atoms with van der Waals surface area (Å²) in [5.74, 6) is 5.70. The molecule has 2 nitrogen and oxygen atoms in total. The van der Waals surface area contributed by atoms with Gasteiger partial charge in [0.15, 0.2) is 0 Å². The number of benzene rings is 1. The van der Waals surface area contributed by atoms with Gasteiger partial charge in [0.05, 0.1) is 6.04 Å². The lowest BCUT2D eigenvalue weighted by Gasteiger charge is -2.25. The second-order valence-corrected chi connectivity index (χ2v) is 5.04. The van der Waals surface area contributed by atoms with E-state index in [9.17, 15) is 0 Å². The van der Waals surface area contributed by atoms with Crippen LogP contribution in [0.4, 0.5) is 0 Å². The largest absolute Gasteiger partial charge is 0.271 e. The Bertz CT molecular complexity index is 367. The molecule has 1 aromatic carbocycles. The predicted molar refractivity (Wildman–Crippen MR) is 63.3 cm³/mol. The molecule has 0 aromatic heterocycles. The van der Waals surface area contributed by atoms with Crippen LogP contribution in [0, 0.1) is 19.3 Å². The monoisotopic (exact) mass is 204 g/mol. The Kier molecular flexibility index (Phi) is 2.57. The number of rotatable bonds is 3. The maximum absolute atomic E-state index is 5.70. The van der Waals surface area contributed by atoms with E-state index in [2.05, 4.69) is 44.4 Å². The molecule has 3 N–H and O–H groups in total. The van der Waals surface area contributed by atoms with Gasteiger partial charge in [0.1, 0.15) is 0 Å². The molecule has 2 rings (SSSR count). The zero-order chi connectivity index (χ0) is 11.1. The fourth-order valence-electron chi connectivity index (χ4n) is 2.24. The molecule has 1 atom stereocenters. The van der Waals surface area contributed by atoms with Crippen LogP contribution < -0.4 is 11.3 Å². The van der Waals surface area contributed by atoms with Gasteiger partial charge in [0.2, 0.25) is 0 Å². The molecular weight excluding hydrogens is 184 g/mol.